The van der Waals surface area contributed by atoms with Crippen LogP contribution in [0.25, 0.3) is 0 Å². The molecule has 0 saturated heterocycles. The van der Waals surface area contributed by atoms with Gasteiger partial charge in [-0.25, -0.2) is 0 Å². The van der Waals surface area contributed by atoms with Crippen LogP contribution in [0.5, 0.6) is 0 Å². The van der Waals surface area contributed by atoms with Gasteiger partial charge in [-0.3, -0.25) is 14.4 Å². The lowest BCUT2D eigenvalue weighted by atomic mass is 10.2. The third-order valence-corrected chi connectivity index (χ3v) is 4.67. The first-order valence-electron chi connectivity index (χ1n) is 8.36. The number of hydrogen-bond acceptors (Lipinski definition) is 5. The summed E-state index contributed by atoms with van der Waals surface area (Å²) in [5.74, 6) is -0.898. The van der Waals surface area contributed by atoms with E-state index in [2.05, 4.69) is 10.6 Å². The molecule has 0 saturated carbocycles. The number of benzene rings is 2. The van der Waals surface area contributed by atoms with Crippen LogP contribution < -0.4 is 10.6 Å². The SMILES string of the molecule is CC(=O)Nc1ccc(NC(=O)COC(=O)CSc2cc(C)ccc2C)cc1. The maximum atomic E-state index is 11.9. The Hall–Kier alpha value is -2.80. The predicted molar refractivity (Wildman–Crippen MR) is 107 cm³/mol. The predicted octanol–water partition coefficient (Wildman–Crippen LogP) is 3.54. The molecule has 0 atom stereocenters. The Bertz CT molecular complexity index is 834. The van der Waals surface area contributed by atoms with E-state index >= 15 is 0 Å². The average Bonchev–Trinajstić information content (AvgIpc) is 2.62. The van der Waals surface area contributed by atoms with Crippen molar-refractivity contribution in [1.82, 2.24) is 0 Å². The number of aryl methyl sites for hydroxylation is 2. The van der Waals surface area contributed by atoms with Gasteiger partial charge in [0.2, 0.25) is 5.91 Å². The van der Waals surface area contributed by atoms with Crippen molar-refractivity contribution in [1.29, 1.82) is 0 Å². The van der Waals surface area contributed by atoms with Crippen molar-refractivity contribution in [2.45, 2.75) is 25.7 Å². The summed E-state index contributed by atoms with van der Waals surface area (Å²) in [6.07, 6.45) is 0. The number of anilines is 2. The number of rotatable bonds is 7. The molecule has 142 valence electrons. The summed E-state index contributed by atoms with van der Waals surface area (Å²) in [6.45, 7) is 5.05. The molecule has 0 unspecified atom stereocenters. The van der Waals surface area contributed by atoms with Gasteiger partial charge >= 0.3 is 5.97 Å². The van der Waals surface area contributed by atoms with E-state index in [4.69, 9.17) is 4.74 Å². The molecule has 2 aromatic rings. The van der Waals surface area contributed by atoms with Crippen molar-refractivity contribution < 1.29 is 19.1 Å². The molecule has 0 aromatic heterocycles. The molecule has 0 aliphatic carbocycles. The molecule has 2 aromatic carbocycles. The fourth-order valence-electron chi connectivity index (χ4n) is 2.22. The van der Waals surface area contributed by atoms with Gasteiger partial charge in [0.25, 0.3) is 5.91 Å². The Morgan fingerprint density at radius 3 is 2.22 bits per heavy atom. The van der Waals surface area contributed by atoms with Crippen molar-refractivity contribution in [3.05, 3.63) is 53.6 Å². The van der Waals surface area contributed by atoms with Crippen molar-refractivity contribution in [2.75, 3.05) is 23.0 Å². The van der Waals surface area contributed by atoms with E-state index in [1.807, 2.05) is 32.0 Å². The van der Waals surface area contributed by atoms with Crippen LogP contribution in [-0.2, 0) is 19.1 Å². The monoisotopic (exact) mass is 386 g/mol. The molecule has 6 nitrogen and oxygen atoms in total. The second-order valence-corrected chi connectivity index (χ2v) is 7.04. The summed E-state index contributed by atoms with van der Waals surface area (Å²) < 4.78 is 5.02. The van der Waals surface area contributed by atoms with Crippen molar-refractivity contribution >= 4 is 40.9 Å². The maximum Gasteiger partial charge on any atom is 0.316 e. The van der Waals surface area contributed by atoms with E-state index in [9.17, 15) is 14.4 Å². The zero-order chi connectivity index (χ0) is 19.8. The lowest BCUT2D eigenvalue weighted by Gasteiger charge is -2.09. The largest absolute Gasteiger partial charge is 0.455 e. The molecule has 0 heterocycles. The van der Waals surface area contributed by atoms with Crippen LogP contribution in [0.2, 0.25) is 0 Å². The maximum absolute atomic E-state index is 11.9. The van der Waals surface area contributed by atoms with Crippen LogP contribution in [0, 0.1) is 13.8 Å². The minimum absolute atomic E-state index is 0.142. The van der Waals surface area contributed by atoms with E-state index in [1.54, 1.807) is 24.3 Å². The Morgan fingerprint density at radius 1 is 0.963 bits per heavy atom. The highest BCUT2D eigenvalue weighted by Crippen LogP contribution is 2.23. The van der Waals surface area contributed by atoms with Gasteiger partial charge in [0.1, 0.15) is 0 Å². The molecule has 2 N–H and O–H groups in total. The number of amides is 2. The minimum Gasteiger partial charge on any atom is -0.455 e. The van der Waals surface area contributed by atoms with Crippen LogP contribution in [0.15, 0.2) is 47.4 Å². The van der Waals surface area contributed by atoms with Crippen LogP contribution >= 0.6 is 11.8 Å². The van der Waals surface area contributed by atoms with Gasteiger partial charge in [-0.2, -0.15) is 0 Å². The van der Waals surface area contributed by atoms with Crippen molar-refractivity contribution in [3.63, 3.8) is 0 Å². The molecule has 0 aliphatic heterocycles. The van der Waals surface area contributed by atoms with Gasteiger partial charge in [-0.15, -0.1) is 11.8 Å². The van der Waals surface area contributed by atoms with E-state index in [1.165, 1.54) is 18.7 Å². The first-order valence-corrected chi connectivity index (χ1v) is 9.35. The van der Waals surface area contributed by atoms with E-state index in [0.29, 0.717) is 11.4 Å². The van der Waals surface area contributed by atoms with Crippen molar-refractivity contribution in [3.8, 4) is 0 Å². The second-order valence-electron chi connectivity index (χ2n) is 6.03. The van der Waals surface area contributed by atoms with Crippen LogP contribution in [0.3, 0.4) is 0 Å². The summed E-state index contributed by atoms with van der Waals surface area (Å²) >= 11 is 1.39. The van der Waals surface area contributed by atoms with Crippen LogP contribution in [0.4, 0.5) is 11.4 Å². The second kappa shape index (κ2) is 9.78. The first kappa shape index (κ1) is 20.5. The number of thioether (sulfide) groups is 1. The summed E-state index contributed by atoms with van der Waals surface area (Å²) in [5, 5.41) is 5.27. The molecule has 0 spiro atoms. The molecule has 27 heavy (non-hydrogen) atoms. The van der Waals surface area contributed by atoms with Crippen LogP contribution in [0.1, 0.15) is 18.1 Å². The summed E-state index contributed by atoms with van der Waals surface area (Å²) in [4.78, 5) is 35.7. The topological polar surface area (TPSA) is 84.5 Å². The molecule has 2 amide bonds. The third-order valence-electron chi connectivity index (χ3n) is 3.54. The molecule has 7 heteroatoms. The molecular weight excluding hydrogens is 364 g/mol. The minimum atomic E-state index is -0.447. The van der Waals surface area contributed by atoms with Gasteiger partial charge in [-0.1, -0.05) is 17.7 Å². The van der Waals surface area contributed by atoms with Gasteiger partial charge < -0.3 is 15.4 Å². The molecular formula is C20H22N2O4S. The number of ether oxygens (including phenoxy) is 1. The number of carbonyl (C=O) groups excluding carboxylic acids is 3. The zero-order valence-electron chi connectivity index (χ0n) is 15.5. The summed E-state index contributed by atoms with van der Waals surface area (Å²) in [5.41, 5.74) is 3.41. The number of nitrogens with one attached hydrogen (secondary N) is 2. The molecule has 2 rings (SSSR count). The standard InChI is InChI=1S/C20H22N2O4S/c1-13-4-5-14(2)18(10-13)27-12-20(25)26-11-19(24)22-17-8-6-16(7-9-17)21-15(3)23/h4-10H,11-12H2,1-3H3,(H,21,23)(H,22,24). The quantitative estimate of drug-likeness (QED) is 0.562. The normalized spacial score (nSPS) is 10.2. The number of hydrogen-bond donors (Lipinski definition) is 2. The molecule has 0 radical (unpaired) electrons. The lowest BCUT2D eigenvalue weighted by molar-refractivity contribution is -0.144. The van der Waals surface area contributed by atoms with Gasteiger partial charge in [0.05, 0.1) is 5.75 Å². The molecule has 0 bridgehead atoms. The van der Waals surface area contributed by atoms with Crippen LogP contribution in [-0.4, -0.2) is 30.1 Å². The fourth-order valence-corrected chi connectivity index (χ4v) is 3.15. The van der Waals surface area contributed by atoms with Gasteiger partial charge in [-0.05, 0) is 49.7 Å². The number of esters is 1. The van der Waals surface area contributed by atoms with E-state index < -0.39 is 11.9 Å². The smallest absolute Gasteiger partial charge is 0.316 e. The van der Waals surface area contributed by atoms with E-state index in [-0.39, 0.29) is 18.3 Å². The summed E-state index contributed by atoms with van der Waals surface area (Å²) in [6, 6.07) is 12.7. The highest BCUT2D eigenvalue weighted by atomic mass is 32.2. The highest BCUT2D eigenvalue weighted by Gasteiger charge is 2.10. The summed E-state index contributed by atoms with van der Waals surface area (Å²) in [7, 11) is 0. The fraction of sp³-hybridized carbons (Fsp3) is 0.250. The first-order chi connectivity index (χ1) is 12.8. The van der Waals surface area contributed by atoms with Gasteiger partial charge in [0, 0.05) is 23.2 Å². The Labute approximate surface area is 162 Å². The molecule has 0 aliphatic rings. The Morgan fingerprint density at radius 2 is 1.59 bits per heavy atom. The zero-order valence-corrected chi connectivity index (χ0v) is 16.3. The highest BCUT2D eigenvalue weighted by molar-refractivity contribution is 8.00. The van der Waals surface area contributed by atoms with Crippen molar-refractivity contribution in [2.24, 2.45) is 0 Å². The Kier molecular flexibility index (Phi) is 7.43. The van der Waals surface area contributed by atoms with E-state index in [0.717, 1.165) is 16.0 Å². The molecule has 0 fully saturated rings. The third kappa shape index (κ3) is 7.15. The Balaban J connectivity index is 1.75. The average molecular weight is 386 g/mol. The number of carbonyl (C=O) groups is 3. The lowest BCUT2D eigenvalue weighted by Crippen LogP contribution is -2.21. The van der Waals surface area contributed by atoms with Gasteiger partial charge in [0.15, 0.2) is 6.61 Å².